The first-order valence-corrected chi connectivity index (χ1v) is 7.23. The van der Waals surface area contributed by atoms with Gasteiger partial charge in [0.05, 0.1) is 6.10 Å². The standard InChI is InChI=1S/C14H24N2O2/c1-14(2)11(10-5-8-18-12(10)14)16-13(17)9-3-6-15-7-4-9/h9-12,15H,3-8H2,1-2H3,(H,16,17). The number of fused-ring (bicyclic) bond motifs is 1. The summed E-state index contributed by atoms with van der Waals surface area (Å²) < 4.78 is 5.76. The maximum absolute atomic E-state index is 12.3. The third-order valence-electron chi connectivity index (χ3n) is 5.11. The van der Waals surface area contributed by atoms with Gasteiger partial charge in [-0.25, -0.2) is 0 Å². The Kier molecular flexibility index (Phi) is 3.10. The Labute approximate surface area is 109 Å². The zero-order valence-electron chi connectivity index (χ0n) is 11.4. The van der Waals surface area contributed by atoms with Crippen molar-refractivity contribution >= 4 is 5.91 Å². The highest BCUT2D eigenvalue weighted by Crippen LogP contribution is 2.52. The van der Waals surface area contributed by atoms with Gasteiger partial charge in [0.2, 0.25) is 5.91 Å². The molecule has 18 heavy (non-hydrogen) atoms. The second kappa shape index (κ2) is 4.49. The second-order valence-electron chi connectivity index (χ2n) is 6.58. The van der Waals surface area contributed by atoms with E-state index < -0.39 is 0 Å². The fourth-order valence-corrected chi connectivity index (χ4v) is 3.97. The molecule has 4 heteroatoms. The summed E-state index contributed by atoms with van der Waals surface area (Å²) in [6.45, 7) is 7.24. The minimum Gasteiger partial charge on any atom is -0.377 e. The van der Waals surface area contributed by atoms with Crippen molar-refractivity contribution in [3.8, 4) is 0 Å². The molecule has 3 aliphatic rings. The molecule has 1 amide bonds. The highest BCUT2D eigenvalue weighted by molar-refractivity contribution is 5.79. The van der Waals surface area contributed by atoms with Gasteiger partial charge in [-0.1, -0.05) is 13.8 Å². The van der Waals surface area contributed by atoms with E-state index in [1.165, 1.54) is 0 Å². The van der Waals surface area contributed by atoms with Crippen LogP contribution < -0.4 is 10.6 Å². The number of ether oxygens (including phenoxy) is 1. The number of nitrogens with one attached hydrogen (secondary N) is 2. The maximum atomic E-state index is 12.3. The fraction of sp³-hybridized carbons (Fsp3) is 0.929. The lowest BCUT2D eigenvalue weighted by molar-refractivity contribution is -0.141. The van der Waals surface area contributed by atoms with Crippen molar-refractivity contribution in [3.05, 3.63) is 0 Å². The molecule has 102 valence electrons. The molecule has 3 rings (SSSR count). The Morgan fingerprint density at radius 3 is 2.72 bits per heavy atom. The van der Waals surface area contributed by atoms with Crippen LogP contribution in [-0.4, -0.2) is 37.7 Å². The quantitative estimate of drug-likeness (QED) is 0.768. The maximum Gasteiger partial charge on any atom is 0.223 e. The summed E-state index contributed by atoms with van der Waals surface area (Å²) in [5, 5.41) is 6.61. The van der Waals surface area contributed by atoms with Crippen LogP contribution in [0, 0.1) is 17.3 Å². The zero-order chi connectivity index (χ0) is 12.8. The van der Waals surface area contributed by atoms with Gasteiger partial charge < -0.3 is 15.4 Å². The molecule has 2 saturated heterocycles. The number of piperidine rings is 1. The number of rotatable bonds is 2. The average Bonchev–Trinajstić information content (AvgIpc) is 2.83. The number of hydrogen-bond donors (Lipinski definition) is 2. The summed E-state index contributed by atoms with van der Waals surface area (Å²) in [7, 11) is 0. The van der Waals surface area contributed by atoms with Gasteiger partial charge in [-0.05, 0) is 32.4 Å². The lowest BCUT2D eigenvalue weighted by Gasteiger charge is -2.54. The SMILES string of the molecule is CC1(C)C(NC(=O)C2CCNCC2)C2CCOC21. The van der Waals surface area contributed by atoms with Crippen LogP contribution in [0.2, 0.25) is 0 Å². The van der Waals surface area contributed by atoms with Crippen molar-refractivity contribution in [3.63, 3.8) is 0 Å². The van der Waals surface area contributed by atoms with E-state index in [1.54, 1.807) is 0 Å². The first-order valence-electron chi connectivity index (χ1n) is 7.23. The van der Waals surface area contributed by atoms with Crippen molar-refractivity contribution in [2.45, 2.75) is 45.3 Å². The molecule has 0 spiro atoms. The molecule has 2 N–H and O–H groups in total. The molecule has 0 aromatic carbocycles. The fourth-order valence-electron chi connectivity index (χ4n) is 3.97. The van der Waals surface area contributed by atoms with E-state index in [0.717, 1.165) is 39.0 Å². The lowest BCUT2D eigenvalue weighted by Crippen LogP contribution is -2.67. The second-order valence-corrected chi connectivity index (χ2v) is 6.58. The minimum atomic E-state index is 0.101. The van der Waals surface area contributed by atoms with Gasteiger partial charge in [-0.3, -0.25) is 4.79 Å². The molecule has 3 fully saturated rings. The normalized spacial score (nSPS) is 38.9. The van der Waals surface area contributed by atoms with Crippen LogP contribution in [0.25, 0.3) is 0 Å². The summed E-state index contributed by atoms with van der Waals surface area (Å²) in [6.07, 6.45) is 3.41. The molecular formula is C14H24N2O2. The molecule has 0 radical (unpaired) electrons. The lowest BCUT2D eigenvalue weighted by atomic mass is 9.57. The van der Waals surface area contributed by atoms with Crippen molar-refractivity contribution in [2.75, 3.05) is 19.7 Å². The van der Waals surface area contributed by atoms with Crippen LogP contribution in [0.1, 0.15) is 33.1 Å². The van der Waals surface area contributed by atoms with Gasteiger partial charge in [0.1, 0.15) is 0 Å². The number of hydrogen-bond acceptors (Lipinski definition) is 3. The smallest absolute Gasteiger partial charge is 0.223 e. The van der Waals surface area contributed by atoms with Crippen LogP contribution in [0.3, 0.4) is 0 Å². The predicted octanol–water partition coefficient (Wildman–Crippen LogP) is 0.916. The first-order chi connectivity index (χ1) is 8.60. The van der Waals surface area contributed by atoms with Crippen LogP contribution in [0.5, 0.6) is 0 Å². The van der Waals surface area contributed by atoms with E-state index in [2.05, 4.69) is 24.5 Å². The molecule has 1 saturated carbocycles. The van der Waals surface area contributed by atoms with Crippen LogP contribution >= 0.6 is 0 Å². The van der Waals surface area contributed by atoms with Crippen molar-refractivity contribution < 1.29 is 9.53 Å². The Morgan fingerprint density at radius 2 is 2.00 bits per heavy atom. The largest absolute Gasteiger partial charge is 0.377 e. The van der Waals surface area contributed by atoms with E-state index in [9.17, 15) is 4.79 Å². The first kappa shape index (κ1) is 12.4. The number of carbonyl (C=O) groups is 1. The number of carbonyl (C=O) groups excluding carboxylic acids is 1. The van der Waals surface area contributed by atoms with Gasteiger partial charge >= 0.3 is 0 Å². The molecular weight excluding hydrogens is 228 g/mol. The van der Waals surface area contributed by atoms with Gasteiger partial charge in [0, 0.05) is 29.9 Å². The highest BCUT2D eigenvalue weighted by atomic mass is 16.5. The average molecular weight is 252 g/mol. The molecule has 0 aromatic heterocycles. The van der Waals surface area contributed by atoms with E-state index in [4.69, 9.17) is 4.74 Å². The predicted molar refractivity (Wildman–Crippen MR) is 69.2 cm³/mol. The van der Waals surface area contributed by atoms with Crippen molar-refractivity contribution in [1.29, 1.82) is 0 Å². The summed E-state index contributed by atoms with van der Waals surface area (Å²) in [4.78, 5) is 12.3. The Hall–Kier alpha value is -0.610. The molecule has 1 aliphatic carbocycles. The van der Waals surface area contributed by atoms with Crippen LogP contribution in [0.15, 0.2) is 0 Å². The third-order valence-corrected chi connectivity index (χ3v) is 5.11. The van der Waals surface area contributed by atoms with E-state index in [-0.39, 0.29) is 17.2 Å². The minimum absolute atomic E-state index is 0.101. The highest BCUT2D eigenvalue weighted by Gasteiger charge is 2.59. The Bertz CT molecular complexity index is 337. The monoisotopic (exact) mass is 252 g/mol. The summed E-state index contributed by atoms with van der Waals surface area (Å²) in [6, 6.07) is 0.312. The van der Waals surface area contributed by atoms with E-state index in [1.807, 2.05) is 0 Å². The molecule has 2 aliphatic heterocycles. The van der Waals surface area contributed by atoms with E-state index in [0.29, 0.717) is 18.1 Å². The molecule has 0 aromatic rings. The van der Waals surface area contributed by atoms with Gasteiger partial charge in [0.15, 0.2) is 0 Å². The summed E-state index contributed by atoms with van der Waals surface area (Å²) in [5.74, 6) is 1.02. The molecule has 4 nitrogen and oxygen atoms in total. The zero-order valence-corrected chi connectivity index (χ0v) is 11.4. The van der Waals surface area contributed by atoms with Crippen LogP contribution in [-0.2, 0) is 9.53 Å². The molecule has 3 atom stereocenters. The Morgan fingerprint density at radius 1 is 1.28 bits per heavy atom. The van der Waals surface area contributed by atoms with Crippen molar-refractivity contribution in [1.82, 2.24) is 10.6 Å². The summed E-state index contributed by atoms with van der Waals surface area (Å²) in [5.41, 5.74) is 0.101. The van der Waals surface area contributed by atoms with Crippen LogP contribution in [0.4, 0.5) is 0 Å². The van der Waals surface area contributed by atoms with Gasteiger partial charge in [-0.2, -0.15) is 0 Å². The molecule has 3 unspecified atom stereocenters. The van der Waals surface area contributed by atoms with Gasteiger partial charge in [-0.15, -0.1) is 0 Å². The third kappa shape index (κ3) is 1.86. The molecule has 0 bridgehead atoms. The van der Waals surface area contributed by atoms with Crippen molar-refractivity contribution in [2.24, 2.45) is 17.3 Å². The summed E-state index contributed by atoms with van der Waals surface area (Å²) >= 11 is 0. The van der Waals surface area contributed by atoms with E-state index >= 15 is 0 Å². The number of amides is 1. The Balaban J connectivity index is 1.60. The van der Waals surface area contributed by atoms with Gasteiger partial charge in [0.25, 0.3) is 0 Å². The molecule has 2 heterocycles. The topological polar surface area (TPSA) is 50.4 Å².